The van der Waals surface area contributed by atoms with Crippen LogP contribution in [0.3, 0.4) is 0 Å². The maximum absolute atomic E-state index is 12.6. The molecule has 1 aliphatic heterocycles. The molecule has 0 atom stereocenters. The zero-order valence-electron chi connectivity index (χ0n) is 12.2. The summed E-state index contributed by atoms with van der Waals surface area (Å²) >= 11 is 0. The number of rotatable bonds is 3. The van der Waals surface area contributed by atoms with Gasteiger partial charge in [-0.1, -0.05) is 12.1 Å². The summed E-state index contributed by atoms with van der Waals surface area (Å²) in [5.74, 6) is -1.63. The van der Waals surface area contributed by atoms with E-state index in [-0.39, 0.29) is 11.5 Å². The Balaban J connectivity index is 1.98. The molecule has 1 aliphatic rings. The third-order valence-electron chi connectivity index (χ3n) is 3.79. The highest BCUT2D eigenvalue weighted by atomic mass is 19.4. The smallest absolute Gasteiger partial charge is 0.416 e. The second-order valence-electron chi connectivity index (χ2n) is 5.39. The Morgan fingerprint density at radius 2 is 1.87 bits per heavy atom. The number of hydrogen-bond donors (Lipinski definition) is 1. The molecule has 0 radical (unpaired) electrons. The van der Waals surface area contributed by atoms with Gasteiger partial charge in [0.1, 0.15) is 0 Å². The van der Waals surface area contributed by atoms with Gasteiger partial charge in [-0.25, -0.2) is 0 Å². The lowest BCUT2D eigenvalue weighted by Gasteiger charge is -2.29. The van der Waals surface area contributed by atoms with Gasteiger partial charge in [-0.2, -0.15) is 13.2 Å². The van der Waals surface area contributed by atoms with Gasteiger partial charge in [0.2, 0.25) is 5.91 Å². The minimum atomic E-state index is -4.42. The lowest BCUT2D eigenvalue weighted by Crippen LogP contribution is -2.39. The van der Waals surface area contributed by atoms with Crippen LogP contribution >= 0.6 is 0 Å². The van der Waals surface area contributed by atoms with Crippen LogP contribution in [0.4, 0.5) is 13.2 Å². The normalized spacial score (nSPS) is 16.7. The van der Waals surface area contributed by atoms with Gasteiger partial charge in [0.15, 0.2) is 0 Å². The van der Waals surface area contributed by atoms with Crippen LogP contribution in [0.1, 0.15) is 24.0 Å². The highest BCUT2D eigenvalue weighted by Gasteiger charge is 2.30. The number of alkyl halides is 3. The highest BCUT2D eigenvalue weighted by molar-refractivity contribution is 5.92. The molecule has 124 valence electrons. The van der Waals surface area contributed by atoms with Crippen molar-refractivity contribution in [1.29, 1.82) is 0 Å². The number of carbonyl (C=O) groups is 2. The van der Waals surface area contributed by atoms with E-state index in [4.69, 9.17) is 5.11 Å². The summed E-state index contributed by atoms with van der Waals surface area (Å²) in [5.41, 5.74) is -0.483. The van der Waals surface area contributed by atoms with Gasteiger partial charge in [-0.15, -0.1) is 0 Å². The first kappa shape index (κ1) is 17.1. The first-order chi connectivity index (χ1) is 10.8. The number of likely N-dealkylation sites (tertiary alicyclic amines) is 1. The predicted octanol–water partition coefficient (Wildman–Crippen LogP) is 3.04. The third-order valence-corrected chi connectivity index (χ3v) is 3.79. The Kier molecular flexibility index (Phi) is 5.08. The van der Waals surface area contributed by atoms with E-state index in [1.54, 1.807) is 0 Å². The Hall–Kier alpha value is -2.31. The molecule has 0 saturated carbocycles. The van der Waals surface area contributed by atoms with E-state index in [1.807, 2.05) is 0 Å². The quantitative estimate of drug-likeness (QED) is 0.868. The average molecular weight is 327 g/mol. The molecule has 1 heterocycles. The number of piperidine rings is 1. The first-order valence-corrected chi connectivity index (χ1v) is 7.14. The number of hydrogen-bond acceptors (Lipinski definition) is 2. The molecule has 0 unspecified atom stereocenters. The van der Waals surface area contributed by atoms with Gasteiger partial charge in [-0.05, 0) is 36.6 Å². The first-order valence-electron chi connectivity index (χ1n) is 7.14. The summed E-state index contributed by atoms with van der Waals surface area (Å²) in [7, 11) is 0. The van der Waals surface area contributed by atoms with E-state index in [9.17, 15) is 22.8 Å². The Labute approximate surface area is 131 Å². The van der Waals surface area contributed by atoms with E-state index >= 15 is 0 Å². The minimum absolute atomic E-state index is 0.286. The largest absolute Gasteiger partial charge is 0.481 e. The molecular formula is C16H16F3NO3. The molecule has 0 aliphatic carbocycles. The number of carbonyl (C=O) groups excluding carboxylic acids is 1. The monoisotopic (exact) mass is 327 g/mol. The summed E-state index contributed by atoms with van der Waals surface area (Å²) in [6.07, 6.45) is -1.10. The number of aliphatic carboxylic acids is 1. The second-order valence-corrected chi connectivity index (χ2v) is 5.39. The maximum Gasteiger partial charge on any atom is 0.416 e. The number of benzene rings is 1. The lowest BCUT2D eigenvalue weighted by atomic mass is 9.97. The molecule has 4 nitrogen and oxygen atoms in total. The van der Waals surface area contributed by atoms with E-state index in [0.717, 1.165) is 12.1 Å². The van der Waals surface area contributed by atoms with Crippen molar-refractivity contribution in [1.82, 2.24) is 4.90 Å². The molecule has 1 aromatic carbocycles. The lowest BCUT2D eigenvalue weighted by molar-refractivity contribution is -0.144. The second kappa shape index (κ2) is 6.85. The fourth-order valence-electron chi connectivity index (χ4n) is 2.44. The van der Waals surface area contributed by atoms with Crippen LogP contribution < -0.4 is 0 Å². The Morgan fingerprint density at radius 1 is 1.22 bits per heavy atom. The molecule has 7 heteroatoms. The van der Waals surface area contributed by atoms with E-state index in [1.165, 1.54) is 29.2 Å². The molecular weight excluding hydrogens is 311 g/mol. The third kappa shape index (κ3) is 4.58. The molecule has 0 spiro atoms. The van der Waals surface area contributed by atoms with Crippen LogP contribution in [0.25, 0.3) is 6.08 Å². The Bertz CT molecular complexity index is 617. The maximum atomic E-state index is 12.6. The van der Waals surface area contributed by atoms with Crippen LogP contribution in [0, 0.1) is 5.92 Å². The van der Waals surface area contributed by atoms with Gasteiger partial charge in [0.25, 0.3) is 0 Å². The average Bonchev–Trinajstić information content (AvgIpc) is 2.52. The van der Waals surface area contributed by atoms with E-state index in [2.05, 4.69) is 0 Å². The zero-order valence-corrected chi connectivity index (χ0v) is 12.2. The number of carboxylic acid groups (broad SMARTS) is 1. The molecule has 1 aromatic rings. The summed E-state index contributed by atoms with van der Waals surface area (Å²) in [5, 5.41) is 8.90. The topological polar surface area (TPSA) is 57.6 Å². The van der Waals surface area contributed by atoms with Crippen molar-refractivity contribution >= 4 is 18.0 Å². The van der Waals surface area contributed by atoms with Crippen molar-refractivity contribution in [3.63, 3.8) is 0 Å². The van der Waals surface area contributed by atoms with Crippen LogP contribution in [0.15, 0.2) is 30.3 Å². The minimum Gasteiger partial charge on any atom is -0.481 e. The van der Waals surface area contributed by atoms with Gasteiger partial charge >= 0.3 is 12.1 Å². The van der Waals surface area contributed by atoms with Crippen molar-refractivity contribution in [3.05, 3.63) is 41.5 Å². The van der Waals surface area contributed by atoms with Crippen LogP contribution in [-0.2, 0) is 15.8 Å². The fraction of sp³-hybridized carbons (Fsp3) is 0.375. The summed E-state index contributed by atoms with van der Waals surface area (Å²) in [6, 6.07) is 4.71. The molecule has 0 bridgehead atoms. The molecule has 1 saturated heterocycles. The molecule has 1 fully saturated rings. The standard InChI is InChI=1S/C16H16F3NO3/c17-16(18,19)13-3-1-2-11(10-13)4-5-14(21)20-8-6-12(7-9-20)15(22)23/h1-5,10,12H,6-9H2,(H,22,23). The van der Waals surface area contributed by atoms with Gasteiger partial charge in [0.05, 0.1) is 11.5 Å². The molecule has 1 N–H and O–H groups in total. The SMILES string of the molecule is O=C(O)C1CCN(C(=O)C=Cc2cccc(C(F)(F)F)c2)CC1. The summed E-state index contributed by atoms with van der Waals surface area (Å²) < 4.78 is 37.8. The van der Waals surface area contributed by atoms with Crippen molar-refractivity contribution in [2.45, 2.75) is 19.0 Å². The zero-order chi connectivity index (χ0) is 17.0. The fourth-order valence-corrected chi connectivity index (χ4v) is 2.44. The molecule has 1 amide bonds. The van der Waals surface area contributed by atoms with Crippen molar-refractivity contribution in [2.75, 3.05) is 13.1 Å². The van der Waals surface area contributed by atoms with Crippen LogP contribution in [0.2, 0.25) is 0 Å². The van der Waals surface area contributed by atoms with Crippen molar-refractivity contribution in [3.8, 4) is 0 Å². The van der Waals surface area contributed by atoms with E-state index in [0.29, 0.717) is 25.9 Å². The Morgan fingerprint density at radius 3 is 2.43 bits per heavy atom. The summed E-state index contributed by atoms with van der Waals surface area (Å²) in [4.78, 5) is 24.3. The molecule has 2 rings (SSSR count). The molecule has 0 aromatic heterocycles. The number of halogens is 3. The van der Waals surface area contributed by atoms with Crippen molar-refractivity contribution < 1.29 is 27.9 Å². The highest BCUT2D eigenvalue weighted by Crippen LogP contribution is 2.29. The molecule has 23 heavy (non-hydrogen) atoms. The van der Waals surface area contributed by atoms with Gasteiger partial charge in [-0.3, -0.25) is 9.59 Å². The van der Waals surface area contributed by atoms with Crippen molar-refractivity contribution in [2.24, 2.45) is 5.92 Å². The van der Waals surface area contributed by atoms with Gasteiger partial charge < -0.3 is 10.0 Å². The van der Waals surface area contributed by atoms with Gasteiger partial charge in [0, 0.05) is 19.2 Å². The number of amides is 1. The number of nitrogens with zero attached hydrogens (tertiary/aromatic N) is 1. The van der Waals surface area contributed by atoms with Crippen LogP contribution in [-0.4, -0.2) is 35.0 Å². The number of carboxylic acids is 1. The summed E-state index contributed by atoms with van der Waals surface area (Å²) in [6.45, 7) is 0.672. The van der Waals surface area contributed by atoms with Crippen LogP contribution in [0.5, 0.6) is 0 Å². The van der Waals surface area contributed by atoms with E-state index < -0.39 is 23.6 Å². The predicted molar refractivity (Wildman–Crippen MR) is 77.4 cm³/mol.